The van der Waals surface area contributed by atoms with Crippen molar-refractivity contribution in [3.63, 3.8) is 0 Å². The number of aryl methyl sites for hydroxylation is 3. The highest BCUT2D eigenvalue weighted by Gasteiger charge is 2.34. The van der Waals surface area contributed by atoms with Crippen LogP contribution >= 0.6 is 0 Å². The molecule has 0 radical (unpaired) electrons. The van der Waals surface area contributed by atoms with E-state index in [4.69, 9.17) is 5.26 Å². The lowest BCUT2D eigenvalue weighted by atomic mass is 10.00. The van der Waals surface area contributed by atoms with Crippen LogP contribution in [-0.4, -0.2) is 16.8 Å². The van der Waals surface area contributed by atoms with Crippen molar-refractivity contribution in [3.05, 3.63) is 64.5 Å². The maximum absolute atomic E-state index is 13.4. The number of anilines is 2. The molecule has 3 aromatic rings. The number of alkyl halides is 3. The smallest absolute Gasteiger partial charge is 0.344 e. The first-order valence-corrected chi connectivity index (χ1v) is 9.58. The summed E-state index contributed by atoms with van der Waals surface area (Å²) >= 11 is 0. The van der Waals surface area contributed by atoms with E-state index in [2.05, 4.69) is 5.10 Å². The normalized spacial score (nSPS) is 11.4. The van der Waals surface area contributed by atoms with Crippen molar-refractivity contribution >= 4 is 11.4 Å². The number of nitrogens with zero attached hydrogens (tertiary/aromatic N) is 4. The van der Waals surface area contributed by atoms with Gasteiger partial charge in [0.2, 0.25) is 0 Å². The first kappa shape index (κ1) is 21.4. The van der Waals surface area contributed by atoms with E-state index in [0.29, 0.717) is 5.69 Å². The zero-order valence-corrected chi connectivity index (χ0v) is 17.6. The van der Waals surface area contributed by atoms with Gasteiger partial charge in [-0.05, 0) is 63.1 Å². The van der Waals surface area contributed by atoms with Crippen molar-refractivity contribution in [2.45, 2.75) is 40.4 Å². The van der Waals surface area contributed by atoms with Crippen LogP contribution in [0.15, 0.2) is 36.4 Å². The Morgan fingerprint density at radius 3 is 2.37 bits per heavy atom. The van der Waals surface area contributed by atoms with E-state index in [1.807, 2.05) is 50.6 Å². The van der Waals surface area contributed by atoms with Crippen molar-refractivity contribution in [3.8, 4) is 17.2 Å². The molecule has 1 heterocycles. The minimum absolute atomic E-state index is 0.360. The van der Waals surface area contributed by atoms with Gasteiger partial charge in [-0.15, -0.1) is 0 Å². The Labute approximate surface area is 174 Å². The topological polar surface area (TPSA) is 44.9 Å². The number of halogens is 3. The molecule has 0 saturated carbocycles. The maximum atomic E-state index is 13.4. The van der Waals surface area contributed by atoms with Crippen LogP contribution in [0, 0.1) is 32.1 Å². The van der Waals surface area contributed by atoms with E-state index in [1.54, 1.807) is 18.0 Å². The average molecular weight is 412 g/mol. The van der Waals surface area contributed by atoms with E-state index in [-0.39, 0.29) is 5.56 Å². The standard InChI is InChI=1S/C23H23F3N4/c1-6-30-16(4)22(15(3)28-30)17-8-7-14(2)21(11-17)29(5)19-10-9-18(13-27)20(12-19)23(24,25)26/h7-12H,6H2,1-5H3. The summed E-state index contributed by atoms with van der Waals surface area (Å²) in [5.41, 5.74) is 4.70. The highest BCUT2D eigenvalue weighted by atomic mass is 19.4. The van der Waals surface area contributed by atoms with E-state index < -0.39 is 11.7 Å². The Morgan fingerprint density at radius 2 is 1.80 bits per heavy atom. The molecule has 4 nitrogen and oxygen atoms in total. The summed E-state index contributed by atoms with van der Waals surface area (Å²) in [6.07, 6.45) is -4.60. The molecule has 0 spiro atoms. The van der Waals surface area contributed by atoms with E-state index >= 15 is 0 Å². The molecule has 0 aliphatic carbocycles. The fourth-order valence-electron chi connectivity index (χ4n) is 3.76. The summed E-state index contributed by atoms with van der Waals surface area (Å²) in [7, 11) is 1.73. The van der Waals surface area contributed by atoms with E-state index in [9.17, 15) is 13.2 Å². The highest BCUT2D eigenvalue weighted by Crippen LogP contribution is 2.38. The molecule has 0 fully saturated rings. The molecule has 1 aromatic heterocycles. The number of benzene rings is 2. The molecule has 0 saturated heterocycles. The van der Waals surface area contributed by atoms with Gasteiger partial charge in [0.05, 0.1) is 22.9 Å². The Hall–Kier alpha value is -3.27. The number of nitriles is 1. The van der Waals surface area contributed by atoms with Gasteiger partial charge in [0.25, 0.3) is 0 Å². The molecule has 0 atom stereocenters. The highest BCUT2D eigenvalue weighted by molar-refractivity contribution is 5.77. The van der Waals surface area contributed by atoms with Crippen molar-refractivity contribution in [1.82, 2.24) is 9.78 Å². The van der Waals surface area contributed by atoms with Crippen molar-refractivity contribution in [1.29, 1.82) is 5.26 Å². The van der Waals surface area contributed by atoms with Gasteiger partial charge < -0.3 is 4.90 Å². The minimum atomic E-state index is -4.60. The minimum Gasteiger partial charge on any atom is -0.344 e. The van der Waals surface area contributed by atoms with Crippen LogP contribution in [0.1, 0.15) is 35.0 Å². The lowest BCUT2D eigenvalue weighted by Gasteiger charge is -2.24. The summed E-state index contributed by atoms with van der Waals surface area (Å²) in [6.45, 7) is 8.67. The van der Waals surface area contributed by atoms with Gasteiger partial charge in [0.15, 0.2) is 0 Å². The van der Waals surface area contributed by atoms with Crippen LogP contribution in [-0.2, 0) is 12.7 Å². The largest absolute Gasteiger partial charge is 0.417 e. The predicted octanol–water partition coefficient (Wildman–Crippen LogP) is 6.15. The van der Waals surface area contributed by atoms with Gasteiger partial charge in [-0.25, -0.2) is 0 Å². The summed E-state index contributed by atoms with van der Waals surface area (Å²) in [5, 5.41) is 13.6. The molecule has 3 rings (SSSR count). The second-order valence-corrected chi connectivity index (χ2v) is 7.26. The van der Waals surface area contributed by atoms with Gasteiger partial charge in [0, 0.05) is 36.2 Å². The first-order valence-electron chi connectivity index (χ1n) is 9.58. The molecular formula is C23H23F3N4. The second-order valence-electron chi connectivity index (χ2n) is 7.26. The molecule has 0 unspecified atom stereocenters. The number of hydrogen-bond donors (Lipinski definition) is 0. The Bertz CT molecular complexity index is 1140. The molecular weight excluding hydrogens is 389 g/mol. The Balaban J connectivity index is 2.11. The maximum Gasteiger partial charge on any atom is 0.417 e. The zero-order valence-electron chi connectivity index (χ0n) is 17.6. The lowest BCUT2D eigenvalue weighted by Crippen LogP contribution is -2.14. The van der Waals surface area contributed by atoms with Crippen LogP contribution < -0.4 is 4.90 Å². The molecule has 0 amide bonds. The lowest BCUT2D eigenvalue weighted by molar-refractivity contribution is -0.137. The molecule has 0 aliphatic rings. The van der Waals surface area contributed by atoms with Crippen molar-refractivity contribution < 1.29 is 13.2 Å². The summed E-state index contributed by atoms with van der Waals surface area (Å²) in [5.74, 6) is 0. The van der Waals surface area contributed by atoms with E-state index in [0.717, 1.165) is 46.4 Å². The molecule has 0 N–H and O–H groups in total. The fourth-order valence-corrected chi connectivity index (χ4v) is 3.76. The second kappa shape index (κ2) is 7.86. The molecule has 156 valence electrons. The van der Waals surface area contributed by atoms with Crippen molar-refractivity contribution in [2.75, 3.05) is 11.9 Å². The molecule has 2 aromatic carbocycles. The van der Waals surface area contributed by atoms with Crippen molar-refractivity contribution in [2.24, 2.45) is 0 Å². The summed E-state index contributed by atoms with van der Waals surface area (Å²) in [6, 6.07) is 11.3. The third kappa shape index (κ3) is 3.78. The fraction of sp³-hybridized carbons (Fsp3) is 0.304. The SMILES string of the molecule is CCn1nc(C)c(-c2ccc(C)c(N(C)c3ccc(C#N)c(C(F)(F)F)c3)c2)c1C. The molecule has 7 heteroatoms. The first-order chi connectivity index (χ1) is 14.1. The van der Waals surface area contributed by atoms with Crippen LogP contribution in [0.3, 0.4) is 0 Å². The van der Waals surface area contributed by atoms with Gasteiger partial charge in [-0.1, -0.05) is 12.1 Å². The molecule has 0 aliphatic heterocycles. The van der Waals surface area contributed by atoms with Gasteiger partial charge in [-0.3, -0.25) is 4.68 Å². The van der Waals surface area contributed by atoms with Gasteiger partial charge >= 0.3 is 6.18 Å². The number of hydrogen-bond acceptors (Lipinski definition) is 3. The Morgan fingerprint density at radius 1 is 1.10 bits per heavy atom. The number of rotatable bonds is 4. The van der Waals surface area contributed by atoms with Gasteiger partial charge in [0.1, 0.15) is 0 Å². The summed E-state index contributed by atoms with van der Waals surface area (Å²) < 4.78 is 42.1. The number of aromatic nitrogens is 2. The zero-order chi connectivity index (χ0) is 22.2. The quantitative estimate of drug-likeness (QED) is 0.516. The van der Waals surface area contributed by atoms with Crippen LogP contribution in [0.5, 0.6) is 0 Å². The molecule has 0 bridgehead atoms. The van der Waals surface area contributed by atoms with Crippen LogP contribution in [0.4, 0.5) is 24.5 Å². The monoisotopic (exact) mass is 412 g/mol. The summed E-state index contributed by atoms with van der Waals surface area (Å²) in [4.78, 5) is 1.71. The van der Waals surface area contributed by atoms with Crippen LogP contribution in [0.2, 0.25) is 0 Å². The average Bonchev–Trinajstić information content (AvgIpc) is 3.00. The predicted molar refractivity (Wildman–Crippen MR) is 112 cm³/mol. The Kier molecular flexibility index (Phi) is 5.62. The van der Waals surface area contributed by atoms with Crippen LogP contribution in [0.25, 0.3) is 11.1 Å². The van der Waals surface area contributed by atoms with Gasteiger partial charge in [-0.2, -0.15) is 23.5 Å². The van der Waals surface area contributed by atoms with E-state index in [1.165, 1.54) is 12.1 Å². The third-order valence-corrected chi connectivity index (χ3v) is 5.36. The molecule has 30 heavy (non-hydrogen) atoms. The third-order valence-electron chi connectivity index (χ3n) is 5.36.